The van der Waals surface area contributed by atoms with E-state index in [0.29, 0.717) is 0 Å². The molecule has 202 valence electrons. The van der Waals surface area contributed by atoms with Gasteiger partial charge in [-0.15, -0.1) is 0 Å². The summed E-state index contributed by atoms with van der Waals surface area (Å²) in [5, 5.41) is 6.24. The van der Waals surface area contributed by atoms with Crippen LogP contribution in [-0.4, -0.2) is 62.5 Å². The highest BCUT2D eigenvalue weighted by Gasteiger charge is 2.51. The van der Waals surface area contributed by atoms with E-state index in [1.807, 2.05) is 0 Å². The van der Waals surface area contributed by atoms with Crippen molar-refractivity contribution in [3.8, 4) is 11.3 Å². The first-order chi connectivity index (χ1) is 17.7. The summed E-state index contributed by atoms with van der Waals surface area (Å²) < 4.78 is 82.8. The number of nitrogens with zero attached hydrogens (tertiary/aromatic N) is 4. The fourth-order valence-corrected chi connectivity index (χ4v) is 4.97. The molecule has 15 heteroatoms. The fraction of sp³-hybridized carbons (Fsp3) is 0.391. The second-order valence-corrected chi connectivity index (χ2v) is 9.75. The molecule has 2 aliphatic rings. The van der Waals surface area contributed by atoms with Gasteiger partial charge in [-0.25, -0.2) is 22.7 Å². The van der Waals surface area contributed by atoms with Crippen molar-refractivity contribution in [1.82, 2.24) is 24.8 Å². The van der Waals surface area contributed by atoms with Crippen molar-refractivity contribution in [3.05, 3.63) is 46.7 Å². The van der Waals surface area contributed by atoms with E-state index in [9.17, 15) is 35.9 Å². The van der Waals surface area contributed by atoms with Crippen LogP contribution in [0.5, 0.6) is 0 Å². The molecule has 5 rings (SSSR count). The number of aromatic nitrogens is 3. The average molecular weight is 561 g/mol. The third-order valence-electron chi connectivity index (χ3n) is 6.71. The summed E-state index contributed by atoms with van der Waals surface area (Å²) in [6.45, 7) is -0.587. The SMILES string of the molecule is Nc1ncnn2c(-c3ccc(Cl)c(C(=O)N[C@@H]4CN(C(=O)C5CC(F)(F)C5)C[C@@H]4F)c3)cc(C(F)(F)F)c12. The zero-order chi connectivity index (χ0) is 27.6. The Bertz CT molecular complexity index is 1440. The maximum Gasteiger partial charge on any atom is 0.418 e. The minimum absolute atomic E-state index is 0.0505. The van der Waals surface area contributed by atoms with E-state index in [0.717, 1.165) is 21.8 Å². The molecule has 3 aromatic rings. The Labute approximate surface area is 215 Å². The number of hydrogen-bond donors (Lipinski definition) is 2. The first-order valence-electron chi connectivity index (χ1n) is 11.4. The van der Waals surface area contributed by atoms with Crippen LogP contribution in [0, 0.1) is 5.92 Å². The smallest absolute Gasteiger partial charge is 0.382 e. The van der Waals surface area contributed by atoms with Crippen LogP contribution in [0.4, 0.5) is 32.2 Å². The third kappa shape index (κ3) is 4.61. The van der Waals surface area contributed by atoms with Crippen molar-refractivity contribution in [3.63, 3.8) is 0 Å². The molecule has 0 spiro atoms. The number of benzene rings is 1. The second-order valence-electron chi connectivity index (χ2n) is 9.34. The normalized spacial score (nSPS) is 21.5. The highest BCUT2D eigenvalue weighted by molar-refractivity contribution is 6.34. The standard InChI is InChI=1S/C23H19ClF6N6O2/c24-14-2-1-10(17-4-13(23(28,29)30)18-19(31)32-9-33-36(17)18)3-12(14)20(37)34-16-8-35(7-15(16)25)21(38)11-5-22(26,27)6-11/h1-4,9,11,15-16H,5-8H2,(H,34,37)(H2,31,32,33)/t15-,16+/m0/s1. The number of amides is 2. The fourth-order valence-electron chi connectivity index (χ4n) is 4.77. The minimum atomic E-state index is -4.77. The van der Waals surface area contributed by atoms with Crippen molar-refractivity contribution >= 4 is 34.7 Å². The van der Waals surface area contributed by atoms with Crippen LogP contribution < -0.4 is 11.1 Å². The Morgan fingerprint density at radius 3 is 2.53 bits per heavy atom. The molecule has 1 aliphatic carbocycles. The molecule has 0 radical (unpaired) electrons. The molecule has 2 atom stereocenters. The van der Waals surface area contributed by atoms with Gasteiger partial charge in [-0.3, -0.25) is 9.59 Å². The Kier molecular flexibility index (Phi) is 6.20. The van der Waals surface area contributed by atoms with Crippen molar-refractivity contribution in [2.75, 3.05) is 18.8 Å². The van der Waals surface area contributed by atoms with Gasteiger partial charge in [0, 0.05) is 30.9 Å². The van der Waals surface area contributed by atoms with Crippen molar-refractivity contribution < 1.29 is 35.9 Å². The average Bonchev–Trinajstić information content (AvgIpc) is 3.39. The number of carbonyl (C=O) groups excluding carboxylic acids is 2. The van der Waals surface area contributed by atoms with Crippen molar-refractivity contribution in [2.24, 2.45) is 5.92 Å². The van der Waals surface area contributed by atoms with Gasteiger partial charge in [-0.05, 0) is 18.2 Å². The number of fused-ring (bicyclic) bond motifs is 1. The van der Waals surface area contributed by atoms with Gasteiger partial charge in [0.15, 0.2) is 5.82 Å². The van der Waals surface area contributed by atoms with E-state index in [1.54, 1.807) is 0 Å². The molecule has 1 aliphatic heterocycles. The Morgan fingerprint density at radius 2 is 1.87 bits per heavy atom. The number of hydrogen-bond acceptors (Lipinski definition) is 5. The molecule has 0 bridgehead atoms. The highest BCUT2D eigenvalue weighted by atomic mass is 35.5. The van der Waals surface area contributed by atoms with Gasteiger partial charge in [0.05, 0.1) is 34.4 Å². The van der Waals surface area contributed by atoms with Crippen molar-refractivity contribution in [2.45, 2.75) is 37.2 Å². The van der Waals surface area contributed by atoms with Crippen LogP contribution in [-0.2, 0) is 11.0 Å². The molecular formula is C23H19ClF6N6O2. The van der Waals surface area contributed by atoms with E-state index >= 15 is 0 Å². The number of nitrogen functional groups attached to an aromatic ring is 1. The Balaban J connectivity index is 1.39. The molecule has 1 aromatic carbocycles. The zero-order valence-corrected chi connectivity index (χ0v) is 20.0. The first-order valence-corrected chi connectivity index (χ1v) is 11.7. The number of likely N-dealkylation sites (tertiary alicyclic amines) is 1. The number of nitrogens with one attached hydrogen (secondary N) is 1. The minimum Gasteiger partial charge on any atom is -0.382 e. The lowest BCUT2D eigenvalue weighted by Crippen LogP contribution is -2.47. The van der Waals surface area contributed by atoms with Crippen LogP contribution in [0.15, 0.2) is 30.6 Å². The molecule has 2 fully saturated rings. The van der Waals surface area contributed by atoms with E-state index in [1.165, 1.54) is 18.2 Å². The molecule has 3 N–H and O–H groups in total. The lowest BCUT2D eigenvalue weighted by molar-refractivity contribution is -0.159. The summed E-state index contributed by atoms with van der Waals surface area (Å²) in [4.78, 5) is 30.1. The molecule has 1 saturated carbocycles. The van der Waals surface area contributed by atoms with Crippen molar-refractivity contribution in [1.29, 1.82) is 0 Å². The number of halogens is 7. The van der Waals surface area contributed by atoms with Gasteiger partial charge < -0.3 is 16.0 Å². The predicted octanol–water partition coefficient (Wildman–Crippen LogP) is 3.97. The van der Waals surface area contributed by atoms with Crippen LogP contribution in [0.25, 0.3) is 16.8 Å². The molecule has 2 amide bonds. The topological polar surface area (TPSA) is 106 Å². The lowest BCUT2D eigenvalue weighted by Gasteiger charge is -2.36. The molecule has 8 nitrogen and oxygen atoms in total. The number of rotatable bonds is 4. The summed E-state index contributed by atoms with van der Waals surface area (Å²) >= 11 is 6.17. The maximum absolute atomic E-state index is 14.7. The van der Waals surface area contributed by atoms with Gasteiger partial charge >= 0.3 is 6.18 Å². The van der Waals surface area contributed by atoms with E-state index in [2.05, 4.69) is 15.4 Å². The van der Waals surface area contributed by atoms with E-state index in [-0.39, 0.29) is 34.9 Å². The van der Waals surface area contributed by atoms with Gasteiger partial charge in [-0.2, -0.15) is 18.3 Å². The van der Waals surface area contributed by atoms with Gasteiger partial charge in [0.1, 0.15) is 18.0 Å². The van der Waals surface area contributed by atoms with E-state index in [4.69, 9.17) is 17.3 Å². The quantitative estimate of drug-likeness (QED) is 0.470. The number of carbonyl (C=O) groups is 2. The monoisotopic (exact) mass is 560 g/mol. The van der Waals surface area contributed by atoms with Gasteiger partial charge in [0.25, 0.3) is 5.91 Å². The maximum atomic E-state index is 14.7. The Hall–Kier alpha value is -3.55. The molecule has 38 heavy (non-hydrogen) atoms. The molecule has 0 unspecified atom stereocenters. The van der Waals surface area contributed by atoms with Crippen LogP contribution in [0.3, 0.4) is 0 Å². The number of alkyl halides is 6. The van der Waals surface area contributed by atoms with E-state index < -0.39 is 71.8 Å². The molecule has 3 heterocycles. The summed E-state index contributed by atoms with van der Waals surface area (Å²) in [5.74, 6) is -5.63. The predicted molar refractivity (Wildman–Crippen MR) is 123 cm³/mol. The Morgan fingerprint density at radius 1 is 1.16 bits per heavy atom. The van der Waals surface area contributed by atoms with Gasteiger partial charge in [0.2, 0.25) is 11.8 Å². The number of nitrogens with two attached hydrogens (primary N) is 1. The highest BCUT2D eigenvalue weighted by Crippen LogP contribution is 2.43. The van der Waals surface area contributed by atoms with Crippen LogP contribution in [0.1, 0.15) is 28.8 Å². The molecular weight excluding hydrogens is 542 g/mol. The molecule has 1 saturated heterocycles. The van der Waals surface area contributed by atoms with Crippen LogP contribution in [0.2, 0.25) is 5.02 Å². The summed E-state index contributed by atoms with van der Waals surface area (Å²) in [5.41, 5.74) is 4.05. The van der Waals surface area contributed by atoms with Crippen LogP contribution >= 0.6 is 11.6 Å². The molecule has 2 aromatic heterocycles. The zero-order valence-electron chi connectivity index (χ0n) is 19.3. The largest absolute Gasteiger partial charge is 0.418 e. The third-order valence-corrected chi connectivity index (χ3v) is 7.04. The van der Waals surface area contributed by atoms with Gasteiger partial charge in [-0.1, -0.05) is 17.7 Å². The summed E-state index contributed by atoms with van der Waals surface area (Å²) in [6.07, 6.45) is -6.64. The summed E-state index contributed by atoms with van der Waals surface area (Å²) in [6, 6.07) is 3.57. The second kappa shape index (κ2) is 9.03. The summed E-state index contributed by atoms with van der Waals surface area (Å²) in [7, 11) is 0. The lowest BCUT2D eigenvalue weighted by atomic mass is 9.80. The number of anilines is 1. The first kappa shape index (κ1) is 26.1.